The van der Waals surface area contributed by atoms with Crippen LogP contribution in [0.15, 0.2) is 35.2 Å². The number of nitrogens with one attached hydrogen (secondary N) is 1. The summed E-state index contributed by atoms with van der Waals surface area (Å²) in [5, 5.41) is 9.05. The van der Waals surface area contributed by atoms with E-state index in [-0.39, 0.29) is 22.2 Å². The summed E-state index contributed by atoms with van der Waals surface area (Å²) in [6.07, 6.45) is 4.98. The maximum Gasteiger partial charge on any atom is 0.337 e. The number of nitrogens with two attached hydrogens (primary N) is 1. The molecule has 0 spiro atoms. The second kappa shape index (κ2) is 5.02. The average molecular weight is 282 g/mol. The highest BCUT2D eigenvalue weighted by Crippen LogP contribution is 2.21. The number of hydrogen-bond acceptors (Lipinski definition) is 4. The zero-order valence-corrected chi connectivity index (χ0v) is 10.9. The smallest absolute Gasteiger partial charge is 0.337 e. The van der Waals surface area contributed by atoms with Gasteiger partial charge in [0, 0.05) is 11.7 Å². The molecule has 102 valence electrons. The summed E-state index contributed by atoms with van der Waals surface area (Å²) in [6.45, 7) is 0. The molecule has 1 aromatic rings. The van der Waals surface area contributed by atoms with E-state index in [1.165, 1.54) is 12.1 Å². The van der Waals surface area contributed by atoms with Gasteiger partial charge in [-0.25, -0.2) is 17.9 Å². The largest absolute Gasteiger partial charge is 0.478 e. The minimum Gasteiger partial charge on any atom is -0.478 e. The molecule has 0 heterocycles. The topological polar surface area (TPSA) is 109 Å². The van der Waals surface area contributed by atoms with Crippen LogP contribution in [0.2, 0.25) is 0 Å². The Labute approximate surface area is 111 Å². The molecule has 2 rings (SSSR count). The molecule has 1 aliphatic carbocycles. The van der Waals surface area contributed by atoms with E-state index in [0.29, 0.717) is 12.8 Å². The molecule has 0 saturated carbocycles. The van der Waals surface area contributed by atoms with Gasteiger partial charge < -0.3 is 10.8 Å². The van der Waals surface area contributed by atoms with Gasteiger partial charge in [-0.2, -0.15) is 0 Å². The van der Waals surface area contributed by atoms with Crippen LogP contribution in [0.1, 0.15) is 23.2 Å². The van der Waals surface area contributed by atoms with Crippen molar-refractivity contribution < 1.29 is 18.3 Å². The van der Waals surface area contributed by atoms with Crippen molar-refractivity contribution in [3.05, 3.63) is 35.9 Å². The van der Waals surface area contributed by atoms with E-state index in [2.05, 4.69) is 4.72 Å². The van der Waals surface area contributed by atoms with Crippen molar-refractivity contribution in [3.63, 3.8) is 0 Å². The van der Waals surface area contributed by atoms with Crippen LogP contribution in [0.5, 0.6) is 0 Å². The normalized spacial score (nSPS) is 15.8. The van der Waals surface area contributed by atoms with E-state index in [1.54, 1.807) is 0 Å². The Bertz CT molecular complexity index is 629. The van der Waals surface area contributed by atoms with E-state index in [1.807, 2.05) is 12.2 Å². The molecule has 1 aromatic carbocycles. The molecular formula is C12H14N2O4S. The molecule has 0 aromatic heterocycles. The molecule has 0 fully saturated rings. The lowest BCUT2D eigenvalue weighted by molar-refractivity contribution is 0.0692. The summed E-state index contributed by atoms with van der Waals surface area (Å²) in [4.78, 5) is 10.8. The first kappa shape index (κ1) is 13.6. The highest BCUT2D eigenvalue weighted by molar-refractivity contribution is 7.89. The summed E-state index contributed by atoms with van der Waals surface area (Å²) < 4.78 is 26.9. The molecule has 0 saturated heterocycles. The van der Waals surface area contributed by atoms with Gasteiger partial charge in [0.1, 0.15) is 0 Å². The minimum atomic E-state index is -3.86. The van der Waals surface area contributed by atoms with Crippen LogP contribution in [0.4, 0.5) is 5.69 Å². The molecule has 0 amide bonds. The van der Waals surface area contributed by atoms with Gasteiger partial charge in [-0.1, -0.05) is 12.2 Å². The highest BCUT2D eigenvalue weighted by Gasteiger charge is 2.25. The Balaban J connectivity index is 2.36. The number of benzene rings is 1. The molecule has 0 atom stereocenters. The number of carboxylic acid groups (broad SMARTS) is 1. The Morgan fingerprint density at radius 1 is 1.32 bits per heavy atom. The summed E-state index contributed by atoms with van der Waals surface area (Å²) in [5.74, 6) is -1.32. The summed E-state index contributed by atoms with van der Waals surface area (Å²) in [7, 11) is -3.86. The van der Waals surface area contributed by atoms with E-state index in [4.69, 9.17) is 10.8 Å². The van der Waals surface area contributed by atoms with Crippen molar-refractivity contribution in [1.29, 1.82) is 0 Å². The van der Waals surface area contributed by atoms with Gasteiger partial charge in [-0.15, -0.1) is 0 Å². The molecule has 6 nitrogen and oxygen atoms in total. The van der Waals surface area contributed by atoms with Crippen LogP contribution < -0.4 is 10.5 Å². The lowest BCUT2D eigenvalue weighted by Crippen LogP contribution is -2.33. The number of anilines is 1. The number of carbonyl (C=O) groups is 1. The van der Waals surface area contributed by atoms with Crippen molar-refractivity contribution in [3.8, 4) is 0 Å². The molecule has 0 bridgehead atoms. The molecule has 7 heteroatoms. The molecule has 4 N–H and O–H groups in total. The fourth-order valence-corrected chi connectivity index (χ4v) is 3.39. The standard InChI is InChI=1S/C12H14N2O4S/c13-8-5-6-11(10(7-8)12(15)16)19(17,18)14-9-3-1-2-4-9/h1-2,5-7,9,14H,3-4,13H2,(H,15,16). The number of sulfonamides is 1. The van der Waals surface area contributed by atoms with Gasteiger partial charge in [-0.05, 0) is 31.0 Å². The van der Waals surface area contributed by atoms with Gasteiger partial charge in [0.05, 0.1) is 10.5 Å². The van der Waals surface area contributed by atoms with Crippen LogP contribution in [-0.2, 0) is 10.0 Å². The Morgan fingerprint density at radius 2 is 1.95 bits per heavy atom. The first-order valence-electron chi connectivity index (χ1n) is 5.70. The van der Waals surface area contributed by atoms with Gasteiger partial charge >= 0.3 is 5.97 Å². The fourth-order valence-electron chi connectivity index (χ4n) is 1.95. The monoisotopic (exact) mass is 282 g/mol. The zero-order chi connectivity index (χ0) is 14.0. The van der Waals surface area contributed by atoms with Gasteiger partial charge in [-0.3, -0.25) is 0 Å². The molecule has 0 unspecified atom stereocenters. The third kappa shape index (κ3) is 2.94. The third-order valence-corrected chi connectivity index (χ3v) is 4.43. The van der Waals surface area contributed by atoms with Gasteiger partial charge in [0.2, 0.25) is 10.0 Å². The van der Waals surface area contributed by atoms with E-state index < -0.39 is 16.0 Å². The van der Waals surface area contributed by atoms with Crippen molar-refractivity contribution in [2.75, 3.05) is 5.73 Å². The Hall–Kier alpha value is -1.86. The van der Waals surface area contributed by atoms with Crippen LogP contribution in [-0.4, -0.2) is 25.5 Å². The van der Waals surface area contributed by atoms with Crippen molar-refractivity contribution in [1.82, 2.24) is 4.72 Å². The average Bonchev–Trinajstić information content (AvgIpc) is 2.80. The molecule has 0 radical (unpaired) electrons. The predicted octanol–water partition coefficient (Wildman–Crippen LogP) is 0.964. The van der Waals surface area contributed by atoms with Crippen LogP contribution in [0.3, 0.4) is 0 Å². The Kier molecular flexibility index (Phi) is 3.59. The molecule has 0 aliphatic heterocycles. The minimum absolute atomic E-state index is 0.207. The van der Waals surface area contributed by atoms with Gasteiger partial charge in [0.25, 0.3) is 0 Å². The Morgan fingerprint density at radius 3 is 2.53 bits per heavy atom. The second-order valence-electron chi connectivity index (χ2n) is 4.32. The maximum atomic E-state index is 12.2. The fraction of sp³-hybridized carbons (Fsp3) is 0.250. The number of hydrogen-bond donors (Lipinski definition) is 3. The lowest BCUT2D eigenvalue weighted by atomic mass is 10.2. The van der Waals surface area contributed by atoms with E-state index >= 15 is 0 Å². The van der Waals surface area contributed by atoms with Gasteiger partial charge in [0.15, 0.2) is 0 Å². The summed E-state index contributed by atoms with van der Waals surface area (Å²) in [5.41, 5.74) is 5.37. The lowest BCUT2D eigenvalue weighted by Gasteiger charge is -2.14. The number of carboxylic acids is 1. The summed E-state index contributed by atoms with van der Waals surface area (Å²) in [6, 6.07) is 3.51. The molecular weight excluding hydrogens is 268 g/mol. The molecule has 19 heavy (non-hydrogen) atoms. The zero-order valence-electron chi connectivity index (χ0n) is 10.0. The quantitative estimate of drug-likeness (QED) is 0.563. The van der Waals surface area contributed by atoms with Crippen molar-refractivity contribution in [2.24, 2.45) is 0 Å². The first-order chi connectivity index (χ1) is 8.90. The van der Waals surface area contributed by atoms with Crippen LogP contribution in [0.25, 0.3) is 0 Å². The number of rotatable bonds is 4. The third-order valence-electron chi connectivity index (χ3n) is 2.85. The number of aromatic carboxylic acids is 1. The van der Waals surface area contributed by atoms with Crippen molar-refractivity contribution in [2.45, 2.75) is 23.8 Å². The predicted molar refractivity (Wildman–Crippen MR) is 70.3 cm³/mol. The highest BCUT2D eigenvalue weighted by atomic mass is 32.2. The second-order valence-corrected chi connectivity index (χ2v) is 6.00. The summed E-state index contributed by atoms with van der Waals surface area (Å²) >= 11 is 0. The van der Waals surface area contributed by atoms with E-state index in [0.717, 1.165) is 6.07 Å². The molecule has 1 aliphatic rings. The van der Waals surface area contributed by atoms with Crippen LogP contribution >= 0.6 is 0 Å². The van der Waals surface area contributed by atoms with E-state index in [9.17, 15) is 13.2 Å². The SMILES string of the molecule is Nc1ccc(S(=O)(=O)NC2CC=CC2)c(C(=O)O)c1. The first-order valence-corrected chi connectivity index (χ1v) is 7.18. The number of nitrogen functional groups attached to an aromatic ring is 1. The van der Waals surface area contributed by atoms with Crippen molar-refractivity contribution >= 4 is 21.7 Å². The maximum absolute atomic E-state index is 12.2. The van der Waals surface area contributed by atoms with Crippen LogP contribution in [0, 0.1) is 0 Å².